The van der Waals surface area contributed by atoms with E-state index in [1.54, 1.807) is 42.7 Å². The molecule has 104 valence electrons. The highest BCUT2D eigenvalue weighted by Gasteiger charge is 2.13. The fraction of sp³-hybridized carbons (Fsp3) is 0.0625. The van der Waals surface area contributed by atoms with Crippen LogP contribution in [0.1, 0.15) is 10.4 Å². The zero-order chi connectivity index (χ0) is 14.7. The van der Waals surface area contributed by atoms with Gasteiger partial charge in [-0.25, -0.2) is 9.78 Å². The van der Waals surface area contributed by atoms with Gasteiger partial charge in [-0.2, -0.15) is 0 Å². The number of ether oxygens (including phenoxy) is 2. The van der Waals surface area contributed by atoms with Crippen LogP contribution in [-0.4, -0.2) is 23.0 Å². The van der Waals surface area contributed by atoms with Crippen LogP contribution >= 0.6 is 0 Å². The van der Waals surface area contributed by atoms with Gasteiger partial charge in [0, 0.05) is 23.8 Å². The molecule has 2 heterocycles. The number of rotatable bonds is 3. The number of nitrogens with zero attached hydrogens (tertiary/aromatic N) is 2. The van der Waals surface area contributed by atoms with Gasteiger partial charge in [-0.15, -0.1) is 0 Å². The number of hydrogen-bond donors (Lipinski definition) is 0. The number of benzene rings is 1. The van der Waals surface area contributed by atoms with Gasteiger partial charge in [0.15, 0.2) is 5.75 Å². The van der Waals surface area contributed by atoms with Crippen molar-refractivity contribution in [1.29, 1.82) is 0 Å². The van der Waals surface area contributed by atoms with Crippen molar-refractivity contribution in [2.45, 2.75) is 0 Å². The molecule has 1 aromatic carbocycles. The molecule has 0 atom stereocenters. The summed E-state index contributed by atoms with van der Waals surface area (Å²) in [6.07, 6.45) is 3.31. The number of esters is 1. The number of methoxy groups -OCH3 is 1. The number of carbonyl (C=O) groups is 1. The minimum atomic E-state index is -0.424. The Morgan fingerprint density at radius 3 is 2.67 bits per heavy atom. The molecule has 0 saturated carbocycles. The highest BCUT2D eigenvalue weighted by atomic mass is 16.5. The Morgan fingerprint density at radius 1 is 1.05 bits per heavy atom. The Kier molecular flexibility index (Phi) is 3.47. The van der Waals surface area contributed by atoms with Crippen LogP contribution in [0.4, 0.5) is 0 Å². The Bertz CT molecular complexity index is 788. The fourth-order valence-electron chi connectivity index (χ4n) is 1.99. The van der Waals surface area contributed by atoms with E-state index in [0.717, 1.165) is 5.39 Å². The van der Waals surface area contributed by atoms with Crippen molar-refractivity contribution in [3.05, 3.63) is 60.4 Å². The summed E-state index contributed by atoms with van der Waals surface area (Å²) in [6, 6.07) is 12.3. The van der Waals surface area contributed by atoms with E-state index in [1.807, 2.05) is 12.1 Å². The highest BCUT2D eigenvalue weighted by molar-refractivity contribution is 5.97. The van der Waals surface area contributed by atoms with E-state index >= 15 is 0 Å². The number of hydrogen-bond acceptors (Lipinski definition) is 5. The second kappa shape index (κ2) is 5.58. The molecule has 5 heteroatoms. The van der Waals surface area contributed by atoms with Gasteiger partial charge in [0.05, 0.1) is 12.7 Å². The minimum absolute atomic E-state index is 0.406. The summed E-state index contributed by atoms with van der Waals surface area (Å²) < 4.78 is 10.5. The molecule has 0 bridgehead atoms. The lowest BCUT2D eigenvalue weighted by Gasteiger charge is -2.09. The maximum absolute atomic E-state index is 11.7. The van der Waals surface area contributed by atoms with Gasteiger partial charge >= 0.3 is 5.97 Å². The van der Waals surface area contributed by atoms with Crippen LogP contribution in [0.3, 0.4) is 0 Å². The van der Waals surface area contributed by atoms with Crippen LogP contribution < -0.4 is 4.74 Å². The van der Waals surface area contributed by atoms with E-state index in [4.69, 9.17) is 9.47 Å². The zero-order valence-corrected chi connectivity index (χ0v) is 11.3. The lowest BCUT2D eigenvalue weighted by atomic mass is 10.1. The topological polar surface area (TPSA) is 61.3 Å². The highest BCUT2D eigenvalue weighted by Crippen LogP contribution is 2.29. The summed E-state index contributed by atoms with van der Waals surface area (Å²) in [5, 5.41) is 0.798. The zero-order valence-electron chi connectivity index (χ0n) is 11.3. The average Bonchev–Trinajstić information content (AvgIpc) is 2.55. The van der Waals surface area contributed by atoms with Crippen LogP contribution in [0.2, 0.25) is 0 Å². The maximum Gasteiger partial charge on any atom is 0.338 e. The largest absolute Gasteiger partial charge is 0.465 e. The van der Waals surface area contributed by atoms with Crippen molar-refractivity contribution in [1.82, 2.24) is 9.97 Å². The molecule has 3 aromatic rings. The predicted molar refractivity (Wildman–Crippen MR) is 77.4 cm³/mol. The number of fused-ring (bicyclic) bond motifs is 1. The third-order valence-electron chi connectivity index (χ3n) is 2.94. The summed E-state index contributed by atoms with van der Waals surface area (Å²) >= 11 is 0. The van der Waals surface area contributed by atoms with Crippen LogP contribution in [0.5, 0.6) is 11.6 Å². The molecule has 0 aliphatic heterocycles. The molecule has 0 aliphatic rings. The van der Waals surface area contributed by atoms with Crippen molar-refractivity contribution in [3.8, 4) is 11.6 Å². The van der Waals surface area contributed by atoms with Gasteiger partial charge < -0.3 is 9.47 Å². The van der Waals surface area contributed by atoms with Gasteiger partial charge in [0.1, 0.15) is 5.52 Å². The van der Waals surface area contributed by atoms with Crippen LogP contribution in [0, 0.1) is 0 Å². The number of carbonyl (C=O) groups excluding carboxylic acids is 1. The number of pyridine rings is 2. The Morgan fingerprint density at radius 2 is 1.90 bits per heavy atom. The van der Waals surface area contributed by atoms with Gasteiger partial charge in [0.25, 0.3) is 0 Å². The van der Waals surface area contributed by atoms with Crippen LogP contribution in [0.15, 0.2) is 54.9 Å². The van der Waals surface area contributed by atoms with Gasteiger partial charge in [0.2, 0.25) is 5.88 Å². The van der Waals surface area contributed by atoms with Gasteiger partial charge in [-0.1, -0.05) is 12.1 Å². The lowest BCUT2D eigenvalue weighted by Crippen LogP contribution is -2.02. The molecule has 5 nitrogen and oxygen atoms in total. The summed E-state index contributed by atoms with van der Waals surface area (Å²) in [5.41, 5.74) is 1.07. The van der Waals surface area contributed by atoms with Crippen molar-refractivity contribution < 1.29 is 14.3 Å². The smallest absolute Gasteiger partial charge is 0.338 e. The second-order valence-corrected chi connectivity index (χ2v) is 4.31. The van der Waals surface area contributed by atoms with Gasteiger partial charge in [-0.3, -0.25) is 4.98 Å². The molecule has 0 radical (unpaired) electrons. The van der Waals surface area contributed by atoms with E-state index in [9.17, 15) is 4.79 Å². The van der Waals surface area contributed by atoms with E-state index in [0.29, 0.717) is 22.7 Å². The van der Waals surface area contributed by atoms with Crippen LogP contribution in [-0.2, 0) is 4.74 Å². The summed E-state index contributed by atoms with van der Waals surface area (Å²) in [7, 11) is 1.34. The Labute approximate surface area is 121 Å². The van der Waals surface area contributed by atoms with Crippen molar-refractivity contribution in [2.24, 2.45) is 0 Å². The van der Waals surface area contributed by atoms with Crippen molar-refractivity contribution >= 4 is 16.9 Å². The molecule has 0 amide bonds. The first-order valence-corrected chi connectivity index (χ1v) is 6.34. The molecule has 21 heavy (non-hydrogen) atoms. The van der Waals surface area contributed by atoms with Crippen LogP contribution in [0.25, 0.3) is 10.9 Å². The minimum Gasteiger partial charge on any atom is -0.465 e. The number of aromatic nitrogens is 2. The molecule has 2 aromatic heterocycles. The average molecular weight is 280 g/mol. The standard InChI is InChI=1S/C16H12N2O3/c1-20-16(19)12-9-11-5-4-8-18-15(11)13(10-12)21-14-6-2-3-7-17-14/h2-10H,1H3. The second-order valence-electron chi connectivity index (χ2n) is 4.31. The molecule has 3 rings (SSSR count). The normalized spacial score (nSPS) is 10.3. The third kappa shape index (κ3) is 2.67. The molecule has 0 spiro atoms. The molecule has 0 unspecified atom stereocenters. The van der Waals surface area contributed by atoms with E-state index in [2.05, 4.69) is 9.97 Å². The molecular formula is C16H12N2O3. The van der Waals surface area contributed by atoms with Gasteiger partial charge in [-0.05, 0) is 24.3 Å². The third-order valence-corrected chi connectivity index (χ3v) is 2.94. The molecule has 0 aliphatic carbocycles. The van der Waals surface area contributed by atoms with E-state index in [1.165, 1.54) is 7.11 Å². The van der Waals surface area contributed by atoms with Crippen molar-refractivity contribution in [3.63, 3.8) is 0 Å². The molecule has 0 fully saturated rings. The van der Waals surface area contributed by atoms with Crippen molar-refractivity contribution in [2.75, 3.05) is 7.11 Å². The monoisotopic (exact) mass is 280 g/mol. The summed E-state index contributed by atoms with van der Waals surface area (Å²) in [5.74, 6) is 0.477. The summed E-state index contributed by atoms with van der Waals surface area (Å²) in [4.78, 5) is 20.2. The first-order chi connectivity index (χ1) is 10.3. The van der Waals surface area contributed by atoms with E-state index < -0.39 is 5.97 Å². The molecule has 0 saturated heterocycles. The quantitative estimate of drug-likeness (QED) is 0.689. The predicted octanol–water partition coefficient (Wildman–Crippen LogP) is 3.21. The maximum atomic E-state index is 11.7. The fourth-order valence-corrected chi connectivity index (χ4v) is 1.99. The Hall–Kier alpha value is -2.95. The first kappa shape index (κ1) is 13.1. The first-order valence-electron chi connectivity index (χ1n) is 6.34. The summed E-state index contributed by atoms with van der Waals surface area (Å²) in [6.45, 7) is 0. The lowest BCUT2D eigenvalue weighted by molar-refractivity contribution is 0.0600. The molecule has 0 N–H and O–H groups in total. The SMILES string of the molecule is COC(=O)c1cc(Oc2ccccn2)c2ncccc2c1. The Balaban J connectivity index is 2.12. The van der Waals surface area contributed by atoms with E-state index in [-0.39, 0.29) is 0 Å². The molecular weight excluding hydrogens is 268 g/mol.